The molecule has 0 aliphatic heterocycles. The van der Waals surface area contributed by atoms with Crippen LogP contribution in [0.2, 0.25) is 5.02 Å². The van der Waals surface area contributed by atoms with Crippen LogP contribution in [-0.2, 0) is 11.2 Å². The lowest BCUT2D eigenvalue weighted by Crippen LogP contribution is -2.30. The van der Waals surface area contributed by atoms with Gasteiger partial charge in [-0.1, -0.05) is 41.9 Å². The number of rotatable bonds is 6. The topological polar surface area (TPSA) is 38.3 Å². The van der Waals surface area contributed by atoms with Crippen molar-refractivity contribution in [3.8, 4) is 5.75 Å². The molecule has 0 bridgehead atoms. The molecule has 3 aromatic rings. The first-order valence-electron chi connectivity index (χ1n) is 7.33. The lowest BCUT2D eigenvalue weighted by atomic mass is 10.1. The zero-order chi connectivity index (χ0) is 16.1. The number of carbonyl (C=O) groups excluding carboxylic acids is 1. The molecular formula is C18H16ClNO2S. The number of ether oxygens (including phenoxy) is 1. The van der Waals surface area contributed by atoms with Gasteiger partial charge in [0.15, 0.2) is 6.61 Å². The van der Waals surface area contributed by atoms with Gasteiger partial charge in [-0.2, -0.15) is 0 Å². The lowest BCUT2D eigenvalue weighted by molar-refractivity contribution is -0.123. The van der Waals surface area contributed by atoms with Gasteiger partial charge in [0.25, 0.3) is 5.91 Å². The van der Waals surface area contributed by atoms with Gasteiger partial charge in [0.1, 0.15) is 5.75 Å². The maximum atomic E-state index is 11.8. The summed E-state index contributed by atoms with van der Waals surface area (Å²) in [6.07, 6.45) is 0.807. The average molecular weight is 346 g/mol. The van der Waals surface area contributed by atoms with Gasteiger partial charge in [0.2, 0.25) is 0 Å². The van der Waals surface area contributed by atoms with E-state index < -0.39 is 0 Å². The van der Waals surface area contributed by atoms with E-state index in [1.807, 2.05) is 24.3 Å². The highest BCUT2D eigenvalue weighted by molar-refractivity contribution is 7.17. The van der Waals surface area contributed by atoms with Crippen molar-refractivity contribution in [1.29, 1.82) is 0 Å². The number of carbonyl (C=O) groups is 1. The molecule has 5 heteroatoms. The Balaban J connectivity index is 1.47. The van der Waals surface area contributed by atoms with Gasteiger partial charge in [-0.05, 0) is 40.9 Å². The van der Waals surface area contributed by atoms with Gasteiger partial charge in [0, 0.05) is 11.2 Å². The second kappa shape index (κ2) is 7.49. The van der Waals surface area contributed by atoms with Crippen molar-refractivity contribution in [2.45, 2.75) is 6.42 Å². The molecule has 3 nitrogen and oxygen atoms in total. The Morgan fingerprint density at radius 3 is 2.78 bits per heavy atom. The molecule has 0 radical (unpaired) electrons. The number of fused-ring (bicyclic) bond motifs is 1. The number of para-hydroxylation sites is 1. The van der Waals surface area contributed by atoms with E-state index in [2.05, 4.69) is 22.8 Å². The Kier molecular flexibility index (Phi) is 5.16. The van der Waals surface area contributed by atoms with E-state index in [0.717, 1.165) is 6.42 Å². The molecule has 0 unspecified atom stereocenters. The molecule has 1 amide bonds. The molecule has 2 aromatic carbocycles. The van der Waals surface area contributed by atoms with Crippen LogP contribution in [0.5, 0.6) is 5.75 Å². The van der Waals surface area contributed by atoms with Crippen LogP contribution in [0.1, 0.15) is 5.56 Å². The summed E-state index contributed by atoms with van der Waals surface area (Å²) >= 11 is 7.71. The van der Waals surface area contributed by atoms with Gasteiger partial charge in [-0.3, -0.25) is 4.79 Å². The number of hydrogen-bond donors (Lipinski definition) is 1. The highest BCUT2D eigenvalue weighted by Gasteiger charge is 2.07. The van der Waals surface area contributed by atoms with E-state index in [1.165, 1.54) is 15.6 Å². The number of hydrogen-bond acceptors (Lipinski definition) is 3. The zero-order valence-electron chi connectivity index (χ0n) is 12.4. The first-order valence-corrected chi connectivity index (χ1v) is 8.59. The Bertz CT molecular complexity index is 815. The Hall–Kier alpha value is -2.04. The van der Waals surface area contributed by atoms with Gasteiger partial charge in [-0.15, -0.1) is 11.3 Å². The Morgan fingerprint density at radius 1 is 1.13 bits per heavy atom. The molecule has 1 N–H and O–H groups in total. The molecule has 1 heterocycles. The minimum Gasteiger partial charge on any atom is -0.482 e. The van der Waals surface area contributed by atoms with E-state index in [-0.39, 0.29) is 12.5 Å². The molecule has 3 rings (SSSR count). The van der Waals surface area contributed by atoms with Crippen LogP contribution in [0.15, 0.2) is 53.9 Å². The number of benzene rings is 2. The van der Waals surface area contributed by atoms with Crippen LogP contribution in [-0.4, -0.2) is 19.1 Å². The van der Waals surface area contributed by atoms with Crippen molar-refractivity contribution in [2.75, 3.05) is 13.2 Å². The first-order chi connectivity index (χ1) is 11.2. The summed E-state index contributed by atoms with van der Waals surface area (Å²) in [6.45, 7) is 0.555. The number of nitrogens with one attached hydrogen (secondary N) is 1. The SMILES string of the molecule is O=C(COc1ccccc1Cl)NCCc1csc2ccccc12. The minimum absolute atomic E-state index is 0.0336. The van der Waals surface area contributed by atoms with Crippen LogP contribution < -0.4 is 10.1 Å². The maximum absolute atomic E-state index is 11.8. The highest BCUT2D eigenvalue weighted by atomic mass is 35.5. The first kappa shape index (κ1) is 15.8. The van der Waals surface area contributed by atoms with E-state index in [0.29, 0.717) is 17.3 Å². The van der Waals surface area contributed by atoms with Crippen molar-refractivity contribution in [3.05, 3.63) is 64.5 Å². The Labute approximate surface area is 143 Å². The average Bonchev–Trinajstić information content (AvgIpc) is 2.98. The molecule has 1 aromatic heterocycles. The smallest absolute Gasteiger partial charge is 0.257 e. The third kappa shape index (κ3) is 4.03. The predicted molar refractivity (Wildman–Crippen MR) is 95.5 cm³/mol. The fourth-order valence-corrected chi connectivity index (χ4v) is 3.51. The Morgan fingerprint density at radius 2 is 1.91 bits per heavy atom. The summed E-state index contributed by atoms with van der Waals surface area (Å²) in [5.74, 6) is 0.373. The fourth-order valence-electron chi connectivity index (χ4n) is 2.32. The summed E-state index contributed by atoms with van der Waals surface area (Å²) in [7, 11) is 0. The summed E-state index contributed by atoms with van der Waals surface area (Å²) < 4.78 is 6.69. The van der Waals surface area contributed by atoms with Crippen molar-refractivity contribution in [1.82, 2.24) is 5.32 Å². The molecule has 118 valence electrons. The molecular weight excluding hydrogens is 330 g/mol. The predicted octanol–water partition coefficient (Wildman–Crippen LogP) is 4.29. The number of halogens is 1. The van der Waals surface area contributed by atoms with Crippen LogP contribution in [0.4, 0.5) is 0 Å². The van der Waals surface area contributed by atoms with Gasteiger partial charge in [0.05, 0.1) is 5.02 Å². The van der Waals surface area contributed by atoms with E-state index in [4.69, 9.17) is 16.3 Å². The van der Waals surface area contributed by atoms with Crippen LogP contribution in [0.3, 0.4) is 0 Å². The third-order valence-electron chi connectivity index (χ3n) is 3.47. The van der Waals surface area contributed by atoms with Crippen molar-refractivity contribution >= 4 is 38.9 Å². The molecule has 0 fully saturated rings. The van der Waals surface area contributed by atoms with Crippen molar-refractivity contribution < 1.29 is 9.53 Å². The summed E-state index contributed by atoms with van der Waals surface area (Å²) in [5, 5.41) is 6.79. The number of amides is 1. The zero-order valence-corrected chi connectivity index (χ0v) is 14.0. The highest BCUT2D eigenvalue weighted by Crippen LogP contribution is 2.25. The standard InChI is InChI=1S/C18H16ClNO2S/c19-15-6-2-3-7-16(15)22-11-18(21)20-10-9-13-12-23-17-8-4-1-5-14(13)17/h1-8,12H,9-11H2,(H,20,21). The van der Waals surface area contributed by atoms with Gasteiger partial charge < -0.3 is 10.1 Å². The molecule has 0 spiro atoms. The molecule has 0 saturated carbocycles. The number of thiophene rings is 1. The lowest BCUT2D eigenvalue weighted by Gasteiger charge is -2.08. The molecule has 0 aliphatic rings. The van der Waals surface area contributed by atoms with E-state index in [1.54, 1.807) is 23.5 Å². The second-order valence-corrected chi connectivity index (χ2v) is 6.39. The van der Waals surface area contributed by atoms with Crippen molar-refractivity contribution in [2.24, 2.45) is 0 Å². The van der Waals surface area contributed by atoms with Gasteiger partial charge >= 0.3 is 0 Å². The molecule has 0 saturated heterocycles. The van der Waals surface area contributed by atoms with Crippen LogP contribution in [0, 0.1) is 0 Å². The largest absolute Gasteiger partial charge is 0.482 e. The summed E-state index contributed by atoms with van der Waals surface area (Å²) in [5.41, 5.74) is 1.26. The monoisotopic (exact) mass is 345 g/mol. The van der Waals surface area contributed by atoms with E-state index >= 15 is 0 Å². The van der Waals surface area contributed by atoms with Crippen LogP contribution in [0.25, 0.3) is 10.1 Å². The molecule has 0 atom stereocenters. The third-order valence-corrected chi connectivity index (χ3v) is 4.80. The van der Waals surface area contributed by atoms with Crippen molar-refractivity contribution in [3.63, 3.8) is 0 Å². The minimum atomic E-state index is -0.149. The van der Waals surface area contributed by atoms with Crippen LogP contribution >= 0.6 is 22.9 Å². The quantitative estimate of drug-likeness (QED) is 0.723. The van der Waals surface area contributed by atoms with E-state index in [9.17, 15) is 4.79 Å². The summed E-state index contributed by atoms with van der Waals surface area (Å²) in [4.78, 5) is 11.8. The normalized spacial score (nSPS) is 10.7. The van der Waals surface area contributed by atoms with Gasteiger partial charge in [-0.25, -0.2) is 0 Å². The maximum Gasteiger partial charge on any atom is 0.257 e. The second-order valence-electron chi connectivity index (χ2n) is 5.08. The molecule has 23 heavy (non-hydrogen) atoms. The fraction of sp³-hybridized carbons (Fsp3) is 0.167. The summed E-state index contributed by atoms with van der Waals surface area (Å²) in [6, 6.07) is 15.4. The molecule has 0 aliphatic carbocycles.